The summed E-state index contributed by atoms with van der Waals surface area (Å²) < 4.78 is 5.63. The third-order valence-electron chi connectivity index (χ3n) is 2.59. The molecule has 0 fully saturated rings. The van der Waals surface area contributed by atoms with Gasteiger partial charge in [0, 0.05) is 9.50 Å². The molecule has 0 N–H and O–H groups in total. The largest absolute Gasteiger partial charge is 0.463 e. The summed E-state index contributed by atoms with van der Waals surface area (Å²) in [5, 5.41) is 0. The monoisotopic (exact) mass is 308 g/mol. The molecule has 0 aromatic carbocycles. The van der Waals surface area contributed by atoms with Crippen molar-refractivity contribution in [1.82, 2.24) is 0 Å². The maximum atomic E-state index is 11.5. The minimum atomic E-state index is -0.130. The summed E-state index contributed by atoms with van der Waals surface area (Å²) in [5.41, 5.74) is 0.861. The Balaban J connectivity index is 2.71. The second-order valence-corrected chi connectivity index (χ2v) is 5.34. The van der Waals surface area contributed by atoms with Crippen LogP contribution in [0.5, 0.6) is 0 Å². The van der Waals surface area contributed by atoms with E-state index >= 15 is 0 Å². The van der Waals surface area contributed by atoms with Crippen LogP contribution < -0.4 is 0 Å². The second kappa shape index (κ2) is 5.14. The van der Waals surface area contributed by atoms with E-state index in [0.29, 0.717) is 22.4 Å². The van der Waals surface area contributed by atoms with Gasteiger partial charge < -0.3 is 4.74 Å². The van der Waals surface area contributed by atoms with Gasteiger partial charge in [0.05, 0.1) is 6.61 Å². The normalized spacial score (nSPS) is 32.3. The third-order valence-corrected chi connectivity index (χ3v) is 4.95. The van der Waals surface area contributed by atoms with Crippen molar-refractivity contribution in [3.63, 3.8) is 0 Å². The van der Waals surface area contributed by atoms with E-state index in [2.05, 4.69) is 42.5 Å². The van der Waals surface area contributed by atoms with Crippen molar-refractivity contribution in [2.24, 2.45) is 11.8 Å². The molecular weight excluding hydrogens is 291 g/mol. The van der Waals surface area contributed by atoms with Crippen LogP contribution in [-0.2, 0) is 9.53 Å². The Kier molecular flexibility index (Phi) is 4.41. The van der Waals surface area contributed by atoms with Gasteiger partial charge in [0.15, 0.2) is 0 Å². The Bertz CT molecular complexity index is 248. The van der Waals surface area contributed by atoms with Crippen LogP contribution >= 0.6 is 22.6 Å². The molecule has 80 valence electrons. The van der Waals surface area contributed by atoms with Crippen LogP contribution in [0.4, 0.5) is 0 Å². The van der Waals surface area contributed by atoms with E-state index in [1.54, 1.807) is 0 Å². The van der Waals surface area contributed by atoms with Gasteiger partial charge in [-0.1, -0.05) is 42.5 Å². The average molecular weight is 308 g/mol. The lowest BCUT2D eigenvalue weighted by atomic mass is 9.84. The molecule has 0 bridgehead atoms. The molecule has 1 unspecified atom stereocenters. The highest BCUT2D eigenvalue weighted by Crippen LogP contribution is 2.33. The molecule has 0 aliphatic heterocycles. The predicted octanol–water partition coefficient (Wildman–Crippen LogP) is 2.96. The summed E-state index contributed by atoms with van der Waals surface area (Å²) in [5.74, 6) is 0.906. The molecule has 0 radical (unpaired) electrons. The molecule has 3 atom stereocenters. The summed E-state index contributed by atoms with van der Waals surface area (Å²) in [6.07, 6.45) is 2.92. The lowest BCUT2D eigenvalue weighted by Gasteiger charge is -2.28. The molecular formula is C11H17IO2. The molecule has 1 aliphatic rings. The van der Waals surface area contributed by atoms with Crippen molar-refractivity contribution < 1.29 is 9.53 Å². The molecule has 3 heteroatoms. The van der Waals surface area contributed by atoms with Crippen molar-refractivity contribution >= 4 is 28.6 Å². The predicted molar refractivity (Wildman–Crippen MR) is 65.5 cm³/mol. The molecule has 0 heterocycles. The molecule has 1 aliphatic carbocycles. The van der Waals surface area contributed by atoms with Gasteiger partial charge in [-0.3, -0.25) is 0 Å². The van der Waals surface area contributed by atoms with Crippen LogP contribution in [-0.4, -0.2) is 16.5 Å². The maximum absolute atomic E-state index is 11.5. The smallest absolute Gasteiger partial charge is 0.333 e. The Morgan fingerprint density at radius 3 is 2.79 bits per heavy atom. The van der Waals surface area contributed by atoms with Gasteiger partial charge in [0.1, 0.15) is 0 Å². The highest BCUT2D eigenvalue weighted by atomic mass is 127. The lowest BCUT2D eigenvalue weighted by molar-refractivity contribution is -0.138. The van der Waals surface area contributed by atoms with Crippen molar-refractivity contribution in [1.29, 1.82) is 0 Å². The van der Waals surface area contributed by atoms with Gasteiger partial charge in [0.2, 0.25) is 0 Å². The minimum absolute atomic E-state index is 0.130. The SMILES string of the molecule is CCOC(=O)C1=C[C@H](C)C(I)[C@H](C)C1. The number of alkyl halides is 1. The molecule has 0 aromatic heterocycles. The van der Waals surface area contributed by atoms with Gasteiger partial charge in [-0.25, -0.2) is 4.79 Å². The first-order valence-corrected chi connectivity index (χ1v) is 6.32. The number of hydrogen-bond donors (Lipinski definition) is 0. The van der Waals surface area contributed by atoms with E-state index in [0.717, 1.165) is 12.0 Å². The second-order valence-electron chi connectivity index (χ2n) is 3.90. The number of carbonyl (C=O) groups is 1. The molecule has 2 nitrogen and oxygen atoms in total. The van der Waals surface area contributed by atoms with E-state index in [-0.39, 0.29) is 5.97 Å². The number of halogens is 1. The Labute approximate surface area is 99.2 Å². The van der Waals surface area contributed by atoms with Gasteiger partial charge in [0.25, 0.3) is 0 Å². The minimum Gasteiger partial charge on any atom is -0.463 e. The maximum Gasteiger partial charge on any atom is 0.333 e. The fourth-order valence-electron chi connectivity index (χ4n) is 1.83. The standard InChI is InChI=1S/C11H17IO2/c1-4-14-11(13)9-5-7(2)10(12)8(3)6-9/h5,7-8,10H,4,6H2,1-3H3/t7-,8+,10?/m0/s1. The highest BCUT2D eigenvalue weighted by Gasteiger charge is 2.28. The van der Waals surface area contributed by atoms with Gasteiger partial charge in [-0.15, -0.1) is 0 Å². The molecule has 0 aromatic rings. The third kappa shape index (κ3) is 2.72. The zero-order valence-corrected chi connectivity index (χ0v) is 11.1. The van der Waals surface area contributed by atoms with E-state index in [9.17, 15) is 4.79 Å². The topological polar surface area (TPSA) is 26.3 Å². The van der Waals surface area contributed by atoms with Gasteiger partial charge >= 0.3 is 5.97 Å². The summed E-state index contributed by atoms with van der Waals surface area (Å²) in [4.78, 5) is 11.5. The molecule has 0 saturated heterocycles. The molecule has 14 heavy (non-hydrogen) atoms. The summed E-state index contributed by atoms with van der Waals surface area (Å²) in [7, 11) is 0. The Hall–Kier alpha value is -0.0600. The van der Waals surface area contributed by atoms with Crippen LogP contribution in [0.2, 0.25) is 0 Å². The zero-order chi connectivity index (χ0) is 10.7. The molecule has 1 rings (SSSR count). The summed E-state index contributed by atoms with van der Waals surface area (Å²) >= 11 is 2.47. The molecule has 0 saturated carbocycles. The van der Waals surface area contributed by atoms with E-state index in [4.69, 9.17) is 4.74 Å². The first kappa shape index (κ1) is 12.0. The van der Waals surface area contributed by atoms with E-state index in [1.165, 1.54) is 0 Å². The molecule has 0 amide bonds. The van der Waals surface area contributed by atoms with Crippen molar-refractivity contribution in [3.8, 4) is 0 Å². The van der Waals surface area contributed by atoms with E-state index in [1.807, 2.05) is 6.92 Å². The number of rotatable bonds is 2. The number of carbonyl (C=O) groups excluding carboxylic acids is 1. The van der Waals surface area contributed by atoms with Crippen molar-refractivity contribution in [3.05, 3.63) is 11.6 Å². The lowest BCUT2D eigenvalue weighted by Crippen LogP contribution is -2.26. The van der Waals surface area contributed by atoms with E-state index < -0.39 is 0 Å². The van der Waals surface area contributed by atoms with Crippen molar-refractivity contribution in [2.45, 2.75) is 31.1 Å². The van der Waals surface area contributed by atoms with Crippen LogP contribution in [0.1, 0.15) is 27.2 Å². The van der Waals surface area contributed by atoms with Crippen LogP contribution in [0, 0.1) is 11.8 Å². The average Bonchev–Trinajstić information content (AvgIpc) is 2.13. The quantitative estimate of drug-likeness (QED) is 0.445. The molecule has 0 spiro atoms. The fourth-order valence-corrected chi connectivity index (χ4v) is 2.29. The number of allylic oxidation sites excluding steroid dienone is 1. The number of ether oxygens (including phenoxy) is 1. The highest BCUT2D eigenvalue weighted by molar-refractivity contribution is 14.1. The summed E-state index contributed by atoms with van der Waals surface area (Å²) in [6.45, 7) is 6.66. The van der Waals surface area contributed by atoms with Gasteiger partial charge in [-0.05, 0) is 25.2 Å². The van der Waals surface area contributed by atoms with Crippen LogP contribution in [0.15, 0.2) is 11.6 Å². The number of esters is 1. The van der Waals surface area contributed by atoms with Crippen LogP contribution in [0.3, 0.4) is 0 Å². The summed E-state index contributed by atoms with van der Waals surface area (Å²) in [6, 6.07) is 0. The van der Waals surface area contributed by atoms with Crippen molar-refractivity contribution in [2.75, 3.05) is 6.61 Å². The zero-order valence-electron chi connectivity index (χ0n) is 8.92. The first-order chi connectivity index (χ1) is 6.56. The fraction of sp³-hybridized carbons (Fsp3) is 0.727. The Morgan fingerprint density at radius 2 is 2.29 bits per heavy atom. The number of hydrogen-bond acceptors (Lipinski definition) is 2. The van der Waals surface area contributed by atoms with Crippen LogP contribution in [0.25, 0.3) is 0 Å². The first-order valence-electron chi connectivity index (χ1n) is 5.08. The van der Waals surface area contributed by atoms with Gasteiger partial charge in [-0.2, -0.15) is 0 Å². The Morgan fingerprint density at radius 1 is 1.64 bits per heavy atom.